The summed E-state index contributed by atoms with van der Waals surface area (Å²) in [7, 11) is 0. The van der Waals surface area contributed by atoms with E-state index >= 15 is 0 Å². The normalized spacial score (nSPS) is 14.1. The first kappa shape index (κ1) is 19.5. The van der Waals surface area contributed by atoms with Gasteiger partial charge in [-0.15, -0.1) is 0 Å². The second-order valence-electron chi connectivity index (χ2n) is 6.76. The molecule has 3 rings (SSSR count). The zero-order valence-electron chi connectivity index (χ0n) is 16.1. The maximum Gasteiger partial charge on any atom is 0.429 e. The fourth-order valence-corrected chi connectivity index (χ4v) is 2.80. The van der Waals surface area contributed by atoms with Crippen LogP contribution in [0.5, 0.6) is 0 Å². The van der Waals surface area contributed by atoms with E-state index < -0.39 is 12.2 Å². The van der Waals surface area contributed by atoms with Gasteiger partial charge < -0.3 is 9.47 Å². The number of ether oxygens (including phenoxy) is 2. The van der Waals surface area contributed by atoms with Crippen LogP contribution in [0.15, 0.2) is 71.8 Å². The molecule has 0 atom stereocenters. The average Bonchev–Trinajstić information content (AvgIpc) is 2.73. The lowest BCUT2D eigenvalue weighted by Gasteiger charge is -2.37. The van der Waals surface area contributed by atoms with Crippen molar-refractivity contribution in [2.75, 3.05) is 13.1 Å². The van der Waals surface area contributed by atoms with Gasteiger partial charge >= 0.3 is 12.2 Å². The molecule has 0 saturated heterocycles. The molecule has 0 radical (unpaired) electrons. The molecule has 0 unspecified atom stereocenters. The highest BCUT2D eigenvalue weighted by Gasteiger charge is 2.32. The van der Waals surface area contributed by atoms with Crippen LogP contribution in [0.1, 0.15) is 25.0 Å². The molecule has 2 amide bonds. The summed E-state index contributed by atoms with van der Waals surface area (Å²) in [6.45, 7) is 4.76. The Labute approximate surface area is 164 Å². The van der Waals surface area contributed by atoms with Gasteiger partial charge in [0, 0.05) is 0 Å². The Hall–Kier alpha value is -3.28. The van der Waals surface area contributed by atoms with E-state index in [-0.39, 0.29) is 13.2 Å². The maximum atomic E-state index is 12.6. The highest BCUT2D eigenvalue weighted by Crippen LogP contribution is 2.20. The maximum absolute atomic E-state index is 12.6. The Bertz CT molecular complexity index is 778. The molecule has 0 N–H and O–H groups in total. The van der Waals surface area contributed by atoms with Crippen LogP contribution in [-0.4, -0.2) is 35.3 Å². The van der Waals surface area contributed by atoms with Crippen molar-refractivity contribution in [1.29, 1.82) is 0 Å². The molecule has 28 heavy (non-hydrogen) atoms. The van der Waals surface area contributed by atoms with Gasteiger partial charge in [0.25, 0.3) is 0 Å². The average molecular weight is 380 g/mol. The monoisotopic (exact) mass is 380 g/mol. The fraction of sp³-hybridized carbons (Fsp3) is 0.273. The van der Waals surface area contributed by atoms with Crippen LogP contribution in [0.2, 0.25) is 0 Å². The third kappa shape index (κ3) is 4.91. The number of carbonyl (C=O) groups is 2. The fourth-order valence-electron chi connectivity index (χ4n) is 2.80. The quantitative estimate of drug-likeness (QED) is 0.731. The lowest BCUT2D eigenvalue weighted by atomic mass is 10.1. The van der Waals surface area contributed by atoms with Gasteiger partial charge in [0.05, 0.1) is 13.1 Å². The van der Waals surface area contributed by atoms with Gasteiger partial charge in [-0.1, -0.05) is 71.8 Å². The highest BCUT2D eigenvalue weighted by molar-refractivity contribution is 5.75. The third-order valence-corrected chi connectivity index (χ3v) is 4.63. The molecule has 0 saturated carbocycles. The van der Waals surface area contributed by atoms with Crippen LogP contribution in [0.4, 0.5) is 9.59 Å². The second kappa shape index (κ2) is 9.08. The van der Waals surface area contributed by atoms with Crippen molar-refractivity contribution in [2.24, 2.45) is 0 Å². The van der Waals surface area contributed by atoms with E-state index in [0.29, 0.717) is 13.1 Å². The lowest BCUT2D eigenvalue weighted by molar-refractivity contribution is -0.0219. The van der Waals surface area contributed by atoms with Gasteiger partial charge in [0.2, 0.25) is 0 Å². The number of rotatable bonds is 4. The summed E-state index contributed by atoms with van der Waals surface area (Å²) in [5.41, 5.74) is 3.83. The first-order valence-electron chi connectivity index (χ1n) is 9.16. The summed E-state index contributed by atoms with van der Waals surface area (Å²) in [5, 5.41) is 2.61. The molecule has 0 fully saturated rings. The Morgan fingerprint density at radius 2 is 1.07 bits per heavy atom. The van der Waals surface area contributed by atoms with Crippen molar-refractivity contribution in [2.45, 2.75) is 27.1 Å². The molecular formula is C22H24N2O4. The van der Waals surface area contributed by atoms with Crippen molar-refractivity contribution >= 4 is 12.2 Å². The number of benzene rings is 2. The van der Waals surface area contributed by atoms with E-state index in [4.69, 9.17) is 9.47 Å². The summed E-state index contributed by atoms with van der Waals surface area (Å²) in [6.07, 6.45) is -1.15. The Kier molecular flexibility index (Phi) is 6.32. The van der Waals surface area contributed by atoms with Gasteiger partial charge in [-0.05, 0) is 25.0 Å². The second-order valence-corrected chi connectivity index (χ2v) is 6.76. The first-order valence-corrected chi connectivity index (χ1v) is 9.16. The molecule has 0 bridgehead atoms. The summed E-state index contributed by atoms with van der Waals surface area (Å²) >= 11 is 0. The van der Waals surface area contributed by atoms with Crippen molar-refractivity contribution in [3.63, 3.8) is 0 Å². The summed E-state index contributed by atoms with van der Waals surface area (Å²) in [4.78, 5) is 25.3. The van der Waals surface area contributed by atoms with Crippen LogP contribution in [0, 0.1) is 0 Å². The molecule has 6 nitrogen and oxygen atoms in total. The summed E-state index contributed by atoms with van der Waals surface area (Å²) in [5.74, 6) is 0. The zero-order valence-corrected chi connectivity index (χ0v) is 16.1. The molecule has 1 aliphatic heterocycles. The third-order valence-electron chi connectivity index (χ3n) is 4.63. The van der Waals surface area contributed by atoms with Crippen LogP contribution in [0.3, 0.4) is 0 Å². The Morgan fingerprint density at radius 3 is 1.43 bits per heavy atom. The largest absolute Gasteiger partial charge is 0.443 e. The van der Waals surface area contributed by atoms with E-state index in [0.717, 1.165) is 22.3 Å². The van der Waals surface area contributed by atoms with E-state index in [2.05, 4.69) is 0 Å². The molecule has 2 aromatic rings. The van der Waals surface area contributed by atoms with Crippen molar-refractivity contribution in [1.82, 2.24) is 10.0 Å². The molecule has 1 heterocycles. The van der Waals surface area contributed by atoms with Crippen molar-refractivity contribution in [3.8, 4) is 0 Å². The molecule has 0 aliphatic carbocycles. The SMILES string of the molecule is CC1=C(C)CN(C(=O)OCc2ccccc2)N(C(=O)OCc2ccccc2)C1. The summed E-state index contributed by atoms with van der Waals surface area (Å²) < 4.78 is 10.8. The van der Waals surface area contributed by atoms with Gasteiger partial charge in [-0.25, -0.2) is 19.6 Å². The van der Waals surface area contributed by atoms with Gasteiger partial charge in [-0.3, -0.25) is 0 Å². The predicted octanol–water partition coefficient (Wildman–Crippen LogP) is 4.53. The zero-order chi connectivity index (χ0) is 19.9. The van der Waals surface area contributed by atoms with Crippen LogP contribution < -0.4 is 0 Å². The Balaban J connectivity index is 1.66. The van der Waals surface area contributed by atoms with Crippen molar-refractivity contribution in [3.05, 3.63) is 82.9 Å². The molecular weight excluding hydrogens is 356 g/mol. The minimum atomic E-state index is -0.577. The standard InChI is InChI=1S/C22H24N2O4/c1-17-13-23(21(25)27-15-19-9-5-3-6-10-19)24(14-18(17)2)22(26)28-16-20-11-7-4-8-12-20/h3-12H,13-16H2,1-2H3. The smallest absolute Gasteiger partial charge is 0.429 e. The van der Waals surface area contributed by atoms with Crippen LogP contribution >= 0.6 is 0 Å². The van der Waals surface area contributed by atoms with Crippen LogP contribution in [0.25, 0.3) is 0 Å². The van der Waals surface area contributed by atoms with E-state index in [1.54, 1.807) is 0 Å². The molecule has 0 spiro atoms. The number of hydrogen-bond donors (Lipinski definition) is 0. The number of amides is 2. The van der Waals surface area contributed by atoms with Gasteiger partial charge in [-0.2, -0.15) is 0 Å². The minimum absolute atomic E-state index is 0.144. The van der Waals surface area contributed by atoms with Crippen LogP contribution in [-0.2, 0) is 22.7 Å². The van der Waals surface area contributed by atoms with Gasteiger partial charge in [0.1, 0.15) is 13.2 Å². The molecule has 146 valence electrons. The highest BCUT2D eigenvalue weighted by atomic mass is 16.6. The first-order chi connectivity index (χ1) is 13.5. The molecule has 6 heteroatoms. The number of hydrogen-bond acceptors (Lipinski definition) is 4. The van der Waals surface area contributed by atoms with E-state index in [1.807, 2.05) is 74.5 Å². The number of carbonyl (C=O) groups excluding carboxylic acids is 2. The summed E-state index contributed by atoms with van der Waals surface area (Å²) in [6, 6.07) is 18.8. The Morgan fingerprint density at radius 1 is 0.714 bits per heavy atom. The predicted molar refractivity (Wildman–Crippen MR) is 105 cm³/mol. The van der Waals surface area contributed by atoms with Crippen molar-refractivity contribution < 1.29 is 19.1 Å². The van der Waals surface area contributed by atoms with Gasteiger partial charge in [0.15, 0.2) is 0 Å². The van der Waals surface area contributed by atoms with E-state index in [1.165, 1.54) is 10.0 Å². The number of hydrazine groups is 1. The lowest BCUT2D eigenvalue weighted by Crippen LogP contribution is -2.53. The number of nitrogens with zero attached hydrogens (tertiary/aromatic N) is 2. The van der Waals surface area contributed by atoms with E-state index in [9.17, 15) is 9.59 Å². The topological polar surface area (TPSA) is 59.1 Å². The molecule has 2 aromatic carbocycles. The molecule has 1 aliphatic rings. The minimum Gasteiger partial charge on any atom is -0.443 e. The molecule has 0 aromatic heterocycles.